The van der Waals surface area contributed by atoms with Crippen molar-refractivity contribution in [2.45, 2.75) is 26.8 Å². The van der Waals surface area contributed by atoms with E-state index in [9.17, 15) is 14.4 Å². The summed E-state index contributed by atoms with van der Waals surface area (Å²) in [6, 6.07) is 13.3. The van der Waals surface area contributed by atoms with E-state index in [2.05, 4.69) is 21.3 Å². The fourth-order valence-electron chi connectivity index (χ4n) is 2.47. The molecule has 0 fully saturated rings. The number of hydrogen-bond acceptors (Lipinski definition) is 3. The largest absolute Gasteiger partial charge is 0.345 e. The van der Waals surface area contributed by atoms with Crippen LogP contribution >= 0.6 is 0 Å². The zero-order valence-electron chi connectivity index (χ0n) is 15.6. The van der Waals surface area contributed by atoms with E-state index in [0.717, 1.165) is 16.8 Å². The minimum absolute atomic E-state index is 0.182. The molecule has 7 nitrogen and oxygen atoms in total. The Hall–Kier alpha value is -3.35. The van der Waals surface area contributed by atoms with Gasteiger partial charge in [-0.1, -0.05) is 36.4 Å². The lowest BCUT2D eigenvalue weighted by Crippen LogP contribution is -2.47. The van der Waals surface area contributed by atoms with Crippen LogP contribution in [-0.4, -0.2) is 30.4 Å². The molecule has 2 aromatic carbocycles. The monoisotopic (exact) mass is 368 g/mol. The van der Waals surface area contributed by atoms with Crippen LogP contribution in [0.2, 0.25) is 0 Å². The average molecular weight is 368 g/mol. The lowest BCUT2D eigenvalue weighted by atomic mass is 10.1. The number of nitrogens with one attached hydrogen (secondary N) is 4. The molecule has 0 spiro atoms. The SMILES string of the molecule is Cc1cccc(C)c1NC(=O)CNC(=O)C(C)NC(=O)Nc1ccccc1. The Bertz CT molecular complexity index is 801. The third kappa shape index (κ3) is 6.14. The summed E-state index contributed by atoms with van der Waals surface area (Å²) in [6.45, 7) is 5.17. The van der Waals surface area contributed by atoms with Gasteiger partial charge in [-0.25, -0.2) is 4.79 Å². The van der Waals surface area contributed by atoms with E-state index < -0.39 is 18.0 Å². The Labute approximate surface area is 158 Å². The van der Waals surface area contributed by atoms with Gasteiger partial charge in [0.1, 0.15) is 6.04 Å². The topological polar surface area (TPSA) is 99.3 Å². The average Bonchev–Trinajstić information content (AvgIpc) is 2.63. The van der Waals surface area contributed by atoms with Crippen LogP contribution in [0.3, 0.4) is 0 Å². The van der Waals surface area contributed by atoms with Gasteiger partial charge in [0.2, 0.25) is 11.8 Å². The highest BCUT2D eigenvalue weighted by molar-refractivity contribution is 5.97. The Kier molecular flexibility index (Phi) is 6.93. The van der Waals surface area contributed by atoms with Crippen LogP contribution in [0.25, 0.3) is 0 Å². The van der Waals surface area contributed by atoms with E-state index in [0.29, 0.717) is 5.69 Å². The van der Waals surface area contributed by atoms with E-state index in [1.807, 2.05) is 38.1 Å². The number of urea groups is 1. The number of amides is 4. The lowest BCUT2D eigenvalue weighted by molar-refractivity contribution is -0.125. The number of carbonyl (C=O) groups is 3. The first-order valence-electron chi connectivity index (χ1n) is 8.63. The number of rotatable bonds is 6. The molecule has 0 heterocycles. The molecule has 1 atom stereocenters. The second-order valence-electron chi connectivity index (χ2n) is 6.22. The van der Waals surface area contributed by atoms with Crippen molar-refractivity contribution in [3.05, 3.63) is 59.7 Å². The van der Waals surface area contributed by atoms with E-state index >= 15 is 0 Å². The third-order valence-electron chi connectivity index (χ3n) is 3.94. The molecule has 27 heavy (non-hydrogen) atoms. The van der Waals surface area contributed by atoms with Gasteiger partial charge >= 0.3 is 6.03 Å². The van der Waals surface area contributed by atoms with E-state index in [4.69, 9.17) is 0 Å². The first-order chi connectivity index (χ1) is 12.9. The number of carbonyl (C=O) groups excluding carboxylic acids is 3. The van der Waals surface area contributed by atoms with Gasteiger partial charge in [0.25, 0.3) is 0 Å². The van der Waals surface area contributed by atoms with Crippen LogP contribution in [0.5, 0.6) is 0 Å². The highest BCUT2D eigenvalue weighted by Crippen LogP contribution is 2.18. The van der Waals surface area contributed by atoms with Crippen LogP contribution in [0, 0.1) is 13.8 Å². The van der Waals surface area contributed by atoms with Crippen molar-refractivity contribution in [1.82, 2.24) is 10.6 Å². The van der Waals surface area contributed by atoms with Crippen LogP contribution in [0.4, 0.5) is 16.2 Å². The molecule has 7 heteroatoms. The van der Waals surface area contributed by atoms with Gasteiger partial charge in [-0.2, -0.15) is 0 Å². The van der Waals surface area contributed by atoms with Gasteiger partial charge in [0.15, 0.2) is 0 Å². The molecular weight excluding hydrogens is 344 g/mol. The van der Waals surface area contributed by atoms with Crippen LogP contribution in [0.15, 0.2) is 48.5 Å². The molecule has 1 unspecified atom stereocenters. The molecule has 4 amide bonds. The van der Waals surface area contributed by atoms with Gasteiger partial charge in [-0.05, 0) is 44.0 Å². The smallest absolute Gasteiger partial charge is 0.319 e. The van der Waals surface area contributed by atoms with Crippen molar-refractivity contribution in [2.75, 3.05) is 17.2 Å². The zero-order valence-corrected chi connectivity index (χ0v) is 15.6. The number of benzene rings is 2. The fraction of sp³-hybridized carbons (Fsp3) is 0.250. The zero-order chi connectivity index (χ0) is 19.8. The summed E-state index contributed by atoms with van der Waals surface area (Å²) in [5.74, 6) is -0.781. The molecule has 0 radical (unpaired) electrons. The fourth-order valence-corrected chi connectivity index (χ4v) is 2.47. The minimum Gasteiger partial charge on any atom is -0.345 e. The summed E-state index contributed by atoms with van der Waals surface area (Å²) in [7, 11) is 0. The summed E-state index contributed by atoms with van der Waals surface area (Å²) in [4.78, 5) is 36.1. The second kappa shape index (κ2) is 9.38. The van der Waals surface area contributed by atoms with Crippen LogP contribution < -0.4 is 21.3 Å². The summed E-state index contributed by atoms with van der Waals surface area (Å²) >= 11 is 0. The maximum atomic E-state index is 12.1. The van der Waals surface area contributed by atoms with Crippen molar-refractivity contribution >= 4 is 29.2 Å². The molecule has 0 aliphatic carbocycles. The Morgan fingerprint density at radius 3 is 2.15 bits per heavy atom. The van der Waals surface area contributed by atoms with Crippen molar-refractivity contribution in [2.24, 2.45) is 0 Å². The molecule has 2 aromatic rings. The van der Waals surface area contributed by atoms with Crippen molar-refractivity contribution in [3.63, 3.8) is 0 Å². The number of aryl methyl sites for hydroxylation is 2. The number of para-hydroxylation sites is 2. The Balaban J connectivity index is 1.78. The van der Waals surface area contributed by atoms with Crippen LogP contribution in [-0.2, 0) is 9.59 Å². The summed E-state index contributed by atoms with van der Waals surface area (Å²) < 4.78 is 0. The molecule has 0 aliphatic rings. The van der Waals surface area contributed by atoms with Gasteiger partial charge < -0.3 is 21.3 Å². The number of hydrogen-bond donors (Lipinski definition) is 4. The molecule has 0 bridgehead atoms. The predicted molar refractivity (Wildman–Crippen MR) is 106 cm³/mol. The molecule has 0 aromatic heterocycles. The summed E-state index contributed by atoms with van der Waals surface area (Å²) in [5, 5.41) is 10.5. The molecule has 0 saturated heterocycles. The van der Waals surface area contributed by atoms with Crippen molar-refractivity contribution < 1.29 is 14.4 Å². The number of anilines is 2. The van der Waals surface area contributed by atoms with Gasteiger partial charge in [-0.15, -0.1) is 0 Å². The van der Waals surface area contributed by atoms with E-state index in [1.54, 1.807) is 31.2 Å². The molecule has 4 N–H and O–H groups in total. The van der Waals surface area contributed by atoms with Crippen molar-refractivity contribution in [1.29, 1.82) is 0 Å². The molecule has 142 valence electrons. The van der Waals surface area contributed by atoms with Gasteiger partial charge in [0.05, 0.1) is 6.54 Å². The molecule has 0 saturated carbocycles. The maximum absolute atomic E-state index is 12.1. The highest BCUT2D eigenvalue weighted by Gasteiger charge is 2.16. The molecular formula is C20H24N4O3. The first-order valence-corrected chi connectivity index (χ1v) is 8.63. The molecule has 0 aliphatic heterocycles. The van der Waals surface area contributed by atoms with Crippen molar-refractivity contribution in [3.8, 4) is 0 Å². The summed E-state index contributed by atoms with van der Waals surface area (Å²) in [5.41, 5.74) is 3.25. The highest BCUT2D eigenvalue weighted by atomic mass is 16.2. The third-order valence-corrected chi connectivity index (χ3v) is 3.94. The predicted octanol–water partition coefficient (Wildman–Crippen LogP) is 2.57. The van der Waals surface area contributed by atoms with E-state index in [1.165, 1.54) is 0 Å². The normalized spacial score (nSPS) is 11.2. The molecule has 2 rings (SSSR count). The van der Waals surface area contributed by atoms with E-state index in [-0.39, 0.29) is 12.5 Å². The Morgan fingerprint density at radius 2 is 1.52 bits per heavy atom. The standard InChI is InChI=1S/C20H24N4O3/c1-13-8-7-9-14(2)18(13)24-17(25)12-21-19(26)15(3)22-20(27)23-16-10-5-4-6-11-16/h4-11,15H,12H2,1-3H3,(H,21,26)(H,24,25)(H2,22,23,27). The minimum atomic E-state index is -0.790. The lowest BCUT2D eigenvalue weighted by Gasteiger charge is -2.15. The van der Waals surface area contributed by atoms with Gasteiger partial charge in [-0.3, -0.25) is 9.59 Å². The maximum Gasteiger partial charge on any atom is 0.319 e. The quantitative estimate of drug-likeness (QED) is 0.630. The van der Waals surface area contributed by atoms with Gasteiger partial charge in [0, 0.05) is 11.4 Å². The first kappa shape index (κ1) is 20.0. The second-order valence-corrected chi connectivity index (χ2v) is 6.22. The van der Waals surface area contributed by atoms with Crippen LogP contribution in [0.1, 0.15) is 18.1 Å². The summed E-state index contributed by atoms with van der Waals surface area (Å²) in [6.07, 6.45) is 0. The Morgan fingerprint density at radius 1 is 0.889 bits per heavy atom.